The number of hydrogen-bond acceptors (Lipinski definition) is 10. The Morgan fingerprint density at radius 3 is 2.33 bits per heavy atom. The smallest absolute Gasteiger partial charge is 0.250 e. The van der Waals surface area contributed by atoms with Gasteiger partial charge >= 0.3 is 0 Å². The third-order valence-corrected chi connectivity index (χ3v) is 13.0. The molecule has 2 fully saturated rings. The summed E-state index contributed by atoms with van der Waals surface area (Å²) in [6, 6.07) is 6.88. The molecule has 12 heteroatoms. The third-order valence-electron chi connectivity index (χ3n) is 7.67. The summed E-state index contributed by atoms with van der Waals surface area (Å²) in [5.74, 6) is 0.119. The summed E-state index contributed by atoms with van der Waals surface area (Å²) < 4.78 is 55.1. The highest BCUT2D eigenvalue weighted by atomic mass is 32.2. The Morgan fingerprint density at radius 2 is 1.74 bits per heavy atom. The Bertz CT molecular complexity index is 1280. The van der Waals surface area contributed by atoms with Crippen LogP contribution in [0.2, 0.25) is 18.1 Å². The van der Waals surface area contributed by atoms with Crippen molar-refractivity contribution in [2.24, 2.45) is 0 Å². The highest BCUT2D eigenvalue weighted by Gasteiger charge is 2.55. The van der Waals surface area contributed by atoms with Gasteiger partial charge in [-0.1, -0.05) is 32.9 Å². The topological polar surface area (TPSA) is 118 Å². The molecule has 0 unspecified atom stereocenters. The summed E-state index contributed by atoms with van der Waals surface area (Å²) in [7, 11) is -4.06. The quantitative estimate of drug-likeness (QED) is 0.345. The zero-order valence-corrected chi connectivity index (χ0v) is 26.1. The molecular formula is C27H41N3O7SSi. The minimum atomic E-state index is -3.65. The average Bonchev–Trinajstić information content (AvgIpc) is 3.33. The molecule has 0 amide bonds. The third kappa shape index (κ3) is 6.63. The van der Waals surface area contributed by atoms with Gasteiger partial charge in [0.1, 0.15) is 24.6 Å². The van der Waals surface area contributed by atoms with E-state index in [2.05, 4.69) is 49.1 Å². The largest absolute Gasteiger partial charge is 0.497 e. The van der Waals surface area contributed by atoms with E-state index < -0.39 is 30.0 Å². The van der Waals surface area contributed by atoms with Crippen LogP contribution in [-0.2, 0) is 30.3 Å². The fourth-order valence-corrected chi connectivity index (χ4v) is 5.99. The van der Waals surface area contributed by atoms with Crippen molar-refractivity contribution < 1.29 is 31.8 Å². The standard InChI is InChI=1S/C27H41N3O7SSi/c1-26(2,3)39(8,9)35-16-20-22-23(37-27(4,5)36-22)21(29-20)19-14-28-25(38(7,31)32)30-24(19)34-15-17-10-12-18(33-6)13-11-17/h10-14,20-23,29H,15-16H2,1-9H3/t20-,21+,22-,23+/m1/s1. The molecule has 10 nitrogen and oxygen atoms in total. The summed E-state index contributed by atoms with van der Waals surface area (Å²) in [4.78, 5) is 8.49. The summed E-state index contributed by atoms with van der Waals surface area (Å²) in [6.45, 7) is 15.5. The van der Waals surface area contributed by atoms with Crippen molar-refractivity contribution in [2.45, 2.75) is 94.6 Å². The van der Waals surface area contributed by atoms with Crippen LogP contribution in [-0.4, -0.2) is 70.7 Å². The summed E-state index contributed by atoms with van der Waals surface area (Å²) in [5, 5.41) is 3.37. The van der Waals surface area contributed by atoms with E-state index in [1.165, 1.54) is 6.20 Å². The SMILES string of the molecule is COc1ccc(COc2nc(S(C)(=O)=O)ncc2[C@@H]2N[C@H](CO[Si](C)(C)C(C)(C)C)[C@H]3OC(C)(C)O[C@H]32)cc1. The Balaban J connectivity index is 1.64. The molecule has 39 heavy (non-hydrogen) atoms. The van der Waals surface area contributed by atoms with Gasteiger partial charge in [-0.3, -0.25) is 0 Å². The molecule has 0 bridgehead atoms. The van der Waals surface area contributed by atoms with Gasteiger partial charge in [-0.15, -0.1) is 0 Å². The van der Waals surface area contributed by atoms with E-state index in [1.54, 1.807) is 7.11 Å². The lowest BCUT2D eigenvalue weighted by Crippen LogP contribution is -2.47. The first-order chi connectivity index (χ1) is 18.0. The minimum Gasteiger partial charge on any atom is -0.497 e. The number of methoxy groups -OCH3 is 1. The van der Waals surface area contributed by atoms with Gasteiger partial charge in [0.05, 0.1) is 31.4 Å². The molecule has 0 saturated carbocycles. The molecule has 1 aromatic carbocycles. The van der Waals surface area contributed by atoms with Crippen LogP contribution >= 0.6 is 0 Å². The number of rotatable bonds is 9. The van der Waals surface area contributed by atoms with Gasteiger partial charge in [0, 0.05) is 12.5 Å². The van der Waals surface area contributed by atoms with E-state index >= 15 is 0 Å². The number of benzene rings is 1. The van der Waals surface area contributed by atoms with Gasteiger partial charge in [-0.05, 0) is 49.7 Å². The normalized spacial score (nSPS) is 24.9. The molecule has 216 valence electrons. The van der Waals surface area contributed by atoms with Gasteiger partial charge in [0.25, 0.3) is 0 Å². The molecule has 0 radical (unpaired) electrons. The van der Waals surface area contributed by atoms with Crippen LogP contribution in [0.1, 0.15) is 51.8 Å². The maximum absolute atomic E-state index is 12.3. The number of ether oxygens (including phenoxy) is 4. The van der Waals surface area contributed by atoms with Crippen molar-refractivity contribution in [3.63, 3.8) is 0 Å². The summed E-state index contributed by atoms with van der Waals surface area (Å²) in [5.41, 5.74) is 1.47. The van der Waals surface area contributed by atoms with Crippen molar-refractivity contribution in [1.29, 1.82) is 0 Å². The predicted octanol–water partition coefficient (Wildman–Crippen LogP) is 4.02. The van der Waals surface area contributed by atoms with Gasteiger partial charge in [-0.2, -0.15) is 4.98 Å². The van der Waals surface area contributed by atoms with Crippen LogP contribution in [0.25, 0.3) is 0 Å². The van der Waals surface area contributed by atoms with Crippen molar-refractivity contribution >= 4 is 18.2 Å². The second kappa shape index (κ2) is 10.7. The second-order valence-electron chi connectivity index (χ2n) is 12.2. The number of nitrogens with one attached hydrogen (secondary N) is 1. The van der Waals surface area contributed by atoms with Gasteiger partial charge in [0.2, 0.25) is 20.9 Å². The molecule has 2 aliphatic heterocycles. The first-order valence-corrected chi connectivity index (χ1v) is 17.9. The Morgan fingerprint density at radius 1 is 1.10 bits per heavy atom. The van der Waals surface area contributed by atoms with E-state index in [0.29, 0.717) is 12.2 Å². The molecule has 2 aliphatic rings. The van der Waals surface area contributed by atoms with Crippen LogP contribution in [0.4, 0.5) is 0 Å². The zero-order valence-electron chi connectivity index (χ0n) is 24.3. The Hall–Kier alpha value is -2.09. The molecule has 4 atom stereocenters. The summed E-state index contributed by atoms with van der Waals surface area (Å²) >= 11 is 0. The van der Waals surface area contributed by atoms with Gasteiger partial charge in [0.15, 0.2) is 14.1 Å². The van der Waals surface area contributed by atoms with Crippen molar-refractivity contribution in [2.75, 3.05) is 20.0 Å². The van der Waals surface area contributed by atoms with Crippen LogP contribution in [0, 0.1) is 0 Å². The fourth-order valence-electron chi connectivity index (χ4n) is 4.47. The van der Waals surface area contributed by atoms with Gasteiger partial charge in [-0.25, -0.2) is 13.4 Å². The predicted molar refractivity (Wildman–Crippen MR) is 149 cm³/mol. The van der Waals surface area contributed by atoms with Crippen LogP contribution in [0.3, 0.4) is 0 Å². The van der Waals surface area contributed by atoms with Gasteiger partial charge < -0.3 is 28.7 Å². The summed E-state index contributed by atoms with van der Waals surface area (Å²) in [6.07, 6.45) is 1.93. The highest BCUT2D eigenvalue weighted by molar-refractivity contribution is 7.90. The lowest BCUT2D eigenvalue weighted by molar-refractivity contribution is -0.157. The molecular weight excluding hydrogens is 538 g/mol. The molecule has 4 rings (SSSR count). The van der Waals surface area contributed by atoms with Crippen molar-refractivity contribution in [3.8, 4) is 11.6 Å². The maximum atomic E-state index is 12.3. The number of hydrogen-bond donors (Lipinski definition) is 1. The molecule has 0 aliphatic carbocycles. The van der Waals surface area contributed by atoms with E-state index in [9.17, 15) is 8.42 Å². The van der Waals surface area contributed by atoms with E-state index in [4.69, 9.17) is 23.4 Å². The first kappa shape index (κ1) is 29.9. The van der Waals surface area contributed by atoms with Crippen LogP contribution in [0.5, 0.6) is 11.6 Å². The van der Waals surface area contributed by atoms with E-state index in [-0.39, 0.29) is 40.9 Å². The zero-order chi connectivity index (χ0) is 28.8. The highest BCUT2D eigenvalue weighted by Crippen LogP contribution is 2.44. The molecule has 2 aromatic rings. The number of sulfone groups is 1. The lowest BCUT2D eigenvalue weighted by atomic mass is 10.0. The second-order valence-corrected chi connectivity index (χ2v) is 18.9. The van der Waals surface area contributed by atoms with Crippen molar-refractivity contribution in [1.82, 2.24) is 15.3 Å². The maximum Gasteiger partial charge on any atom is 0.250 e. The monoisotopic (exact) mass is 579 g/mol. The Kier molecular flexibility index (Phi) is 8.21. The van der Waals surface area contributed by atoms with Crippen molar-refractivity contribution in [3.05, 3.63) is 41.6 Å². The average molecular weight is 580 g/mol. The fraction of sp³-hybridized carbons (Fsp3) is 0.630. The molecule has 3 heterocycles. The molecule has 2 saturated heterocycles. The van der Waals surface area contributed by atoms with Crippen LogP contribution in [0.15, 0.2) is 35.6 Å². The number of nitrogens with zero attached hydrogens (tertiary/aromatic N) is 2. The molecule has 0 spiro atoms. The molecule has 1 N–H and O–H groups in total. The van der Waals surface area contributed by atoms with Crippen LogP contribution < -0.4 is 14.8 Å². The number of aromatic nitrogens is 2. The first-order valence-electron chi connectivity index (χ1n) is 13.1. The van der Waals surface area contributed by atoms with E-state index in [0.717, 1.165) is 17.6 Å². The Labute approximate surface area is 232 Å². The van der Waals surface area contributed by atoms with E-state index in [1.807, 2.05) is 38.1 Å². The minimum absolute atomic E-state index is 0.0640. The number of fused-ring (bicyclic) bond motifs is 1. The lowest BCUT2D eigenvalue weighted by Gasteiger charge is -2.37. The molecule has 1 aromatic heterocycles.